The summed E-state index contributed by atoms with van der Waals surface area (Å²) in [7, 11) is 0. The maximum Gasteiger partial charge on any atom is 0.434 e. The fourth-order valence-electron chi connectivity index (χ4n) is 3.28. The standard InChI is InChI=1S/C18H17F6N3O2/c1-10-9-26(6-5-14(10)28)16(29)13-8-25-27(15(13)18(22,23)24)12-4-2-3-11(7-12)17(19,20)21/h2-4,7-8,10,14,28H,5-6,9H2,1H3/t10-,14-/m0/s1. The highest BCUT2D eigenvalue weighted by molar-refractivity contribution is 5.95. The van der Waals surface area contributed by atoms with Crippen molar-refractivity contribution < 1.29 is 36.2 Å². The van der Waals surface area contributed by atoms with Crippen molar-refractivity contribution in [3.05, 3.63) is 47.3 Å². The van der Waals surface area contributed by atoms with Crippen molar-refractivity contribution in [2.24, 2.45) is 5.92 Å². The molecule has 1 N–H and O–H groups in total. The van der Waals surface area contributed by atoms with E-state index >= 15 is 0 Å². The number of piperidine rings is 1. The zero-order valence-corrected chi connectivity index (χ0v) is 15.1. The number of hydrogen-bond donors (Lipinski definition) is 1. The summed E-state index contributed by atoms with van der Waals surface area (Å²) in [6.07, 6.45) is -9.51. The second-order valence-corrected chi connectivity index (χ2v) is 6.95. The Bertz CT molecular complexity index is 906. The first kappa shape index (κ1) is 21.2. The summed E-state index contributed by atoms with van der Waals surface area (Å²) in [5.41, 5.74) is -3.79. The molecule has 1 aliphatic heterocycles. The van der Waals surface area contributed by atoms with Gasteiger partial charge in [-0.25, -0.2) is 4.68 Å². The van der Waals surface area contributed by atoms with Crippen molar-refractivity contribution in [1.29, 1.82) is 0 Å². The Balaban J connectivity index is 2.04. The van der Waals surface area contributed by atoms with Crippen LogP contribution < -0.4 is 0 Å². The molecule has 1 fully saturated rings. The van der Waals surface area contributed by atoms with Gasteiger partial charge in [-0.05, 0) is 30.5 Å². The Morgan fingerprint density at radius 3 is 2.45 bits per heavy atom. The largest absolute Gasteiger partial charge is 0.434 e. The van der Waals surface area contributed by atoms with Gasteiger partial charge in [-0.1, -0.05) is 13.0 Å². The number of rotatable bonds is 2. The van der Waals surface area contributed by atoms with Crippen LogP contribution in [0.1, 0.15) is 35.0 Å². The maximum atomic E-state index is 13.7. The van der Waals surface area contributed by atoms with Gasteiger partial charge in [0, 0.05) is 13.1 Å². The number of hydrogen-bond acceptors (Lipinski definition) is 3. The van der Waals surface area contributed by atoms with Crippen molar-refractivity contribution in [2.45, 2.75) is 31.8 Å². The van der Waals surface area contributed by atoms with E-state index in [1.54, 1.807) is 6.92 Å². The molecule has 1 aliphatic rings. The van der Waals surface area contributed by atoms with Crippen LogP contribution in [-0.4, -0.2) is 44.9 Å². The van der Waals surface area contributed by atoms with Gasteiger partial charge in [-0.3, -0.25) is 4.79 Å². The lowest BCUT2D eigenvalue weighted by Crippen LogP contribution is -2.45. The minimum Gasteiger partial charge on any atom is -0.393 e. The number of aliphatic hydroxyl groups is 1. The van der Waals surface area contributed by atoms with E-state index in [-0.39, 0.29) is 25.4 Å². The minimum atomic E-state index is -5.03. The monoisotopic (exact) mass is 421 g/mol. The zero-order chi connectivity index (χ0) is 21.6. The van der Waals surface area contributed by atoms with Crippen LogP contribution in [0.25, 0.3) is 5.69 Å². The second kappa shape index (κ2) is 7.36. The first-order chi connectivity index (χ1) is 13.4. The Kier molecular flexibility index (Phi) is 5.37. The van der Waals surface area contributed by atoms with Crippen LogP contribution >= 0.6 is 0 Å². The molecule has 1 aromatic carbocycles. The number of likely N-dealkylation sites (tertiary alicyclic amines) is 1. The molecule has 0 saturated carbocycles. The number of benzene rings is 1. The van der Waals surface area contributed by atoms with Gasteiger partial charge < -0.3 is 10.0 Å². The highest BCUT2D eigenvalue weighted by Gasteiger charge is 2.42. The van der Waals surface area contributed by atoms with Crippen LogP contribution in [0, 0.1) is 5.92 Å². The van der Waals surface area contributed by atoms with E-state index in [1.807, 2.05) is 0 Å². The first-order valence-corrected chi connectivity index (χ1v) is 8.69. The van der Waals surface area contributed by atoms with Crippen molar-refractivity contribution in [3.63, 3.8) is 0 Å². The number of carbonyl (C=O) groups is 1. The summed E-state index contributed by atoms with van der Waals surface area (Å²) in [5, 5.41) is 13.3. The normalized spacial score (nSPS) is 20.8. The maximum absolute atomic E-state index is 13.7. The lowest BCUT2D eigenvalue weighted by Gasteiger charge is -2.34. The molecule has 5 nitrogen and oxygen atoms in total. The minimum absolute atomic E-state index is 0.0615. The Morgan fingerprint density at radius 1 is 1.17 bits per heavy atom. The zero-order valence-electron chi connectivity index (χ0n) is 15.1. The molecular formula is C18H17F6N3O2. The molecule has 2 heterocycles. The van der Waals surface area contributed by atoms with Gasteiger partial charge in [0.2, 0.25) is 0 Å². The molecule has 1 amide bonds. The number of aliphatic hydroxyl groups excluding tert-OH is 1. The van der Waals surface area contributed by atoms with Crippen LogP contribution in [0.2, 0.25) is 0 Å². The number of halogens is 6. The fourth-order valence-corrected chi connectivity index (χ4v) is 3.28. The number of amides is 1. The topological polar surface area (TPSA) is 58.4 Å². The summed E-state index contributed by atoms with van der Waals surface area (Å²) in [6, 6.07) is 3.28. The Morgan fingerprint density at radius 2 is 1.86 bits per heavy atom. The molecule has 0 spiro atoms. The highest BCUT2D eigenvalue weighted by atomic mass is 19.4. The molecule has 0 aliphatic carbocycles. The van der Waals surface area contributed by atoms with Gasteiger partial charge in [0.05, 0.1) is 29.1 Å². The molecule has 11 heteroatoms. The van der Waals surface area contributed by atoms with E-state index in [2.05, 4.69) is 5.10 Å². The van der Waals surface area contributed by atoms with E-state index in [0.29, 0.717) is 16.9 Å². The van der Waals surface area contributed by atoms with Gasteiger partial charge in [0.25, 0.3) is 5.91 Å². The lowest BCUT2D eigenvalue weighted by atomic mass is 9.96. The van der Waals surface area contributed by atoms with E-state index < -0.39 is 46.9 Å². The highest BCUT2D eigenvalue weighted by Crippen LogP contribution is 2.36. The van der Waals surface area contributed by atoms with Gasteiger partial charge in [-0.2, -0.15) is 31.4 Å². The van der Waals surface area contributed by atoms with E-state index in [0.717, 1.165) is 18.2 Å². The van der Waals surface area contributed by atoms with E-state index in [4.69, 9.17) is 0 Å². The quantitative estimate of drug-likeness (QED) is 0.752. The number of carbonyl (C=O) groups excluding carboxylic acids is 1. The van der Waals surface area contributed by atoms with Gasteiger partial charge >= 0.3 is 12.4 Å². The summed E-state index contributed by atoms with van der Waals surface area (Å²) in [5.74, 6) is -1.25. The van der Waals surface area contributed by atoms with Crippen LogP contribution in [0.5, 0.6) is 0 Å². The Hall–Kier alpha value is -2.56. The molecule has 1 saturated heterocycles. The van der Waals surface area contributed by atoms with Crippen molar-refractivity contribution >= 4 is 5.91 Å². The molecule has 29 heavy (non-hydrogen) atoms. The summed E-state index contributed by atoms with van der Waals surface area (Å²) in [4.78, 5) is 13.9. The average Bonchev–Trinajstić information content (AvgIpc) is 3.08. The molecule has 158 valence electrons. The SMILES string of the molecule is C[C@H]1CN(C(=O)c2cnn(-c3cccc(C(F)(F)F)c3)c2C(F)(F)F)CC[C@@H]1O. The van der Waals surface area contributed by atoms with E-state index in [1.165, 1.54) is 4.90 Å². The molecule has 1 aromatic heterocycles. The number of aromatic nitrogens is 2. The Labute approximate surface area is 161 Å². The molecular weight excluding hydrogens is 404 g/mol. The third-order valence-corrected chi connectivity index (χ3v) is 4.83. The molecule has 2 aromatic rings. The molecule has 0 unspecified atom stereocenters. The predicted octanol–water partition coefficient (Wildman–Crippen LogP) is 3.75. The van der Waals surface area contributed by atoms with Crippen molar-refractivity contribution in [1.82, 2.24) is 14.7 Å². The van der Waals surface area contributed by atoms with Crippen LogP contribution in [-0.2, 0) is 12.4 Å². The molecule has 0 radical (unpaired) electrons. The third-order valence-electron chi connectivity index (χ3n) is 4.83. The molecule has 3 rings (SSSR count). The summed E-state index contributed by atoms with van der Waals surface area (Å²) < 4.78 is 80.3. The van der Waals surface area contributed by atoms with Crippen molar-refractivity contribution in [2.75, 3.05) is 13.1 Å². The molecule has 0 bridgehead atoms. The average molecular weight is 421 g/mol. The van der Waals surface area contributed by atoms with E-state index in [9.17, 15) is 36.2 Å². The number of nitrogens with zero attached hydrogens (tertiary/aromatic N) is 3. The van der Waals surface area contributed by atoms with Crippen molar-refractivity contribution in [3.8, 4) is 5.69 Å². The summed E-state index contributed by atoms with van der Waals surface area (Å²) in [6.45, 7) is 1.79. The fraction of sp³-hybridized carbons (Fsp3) is 0.444. The smallest absolute Gasteiger partial charge is 0.393 e. The number of alkyl halides is 6. The second-order valence-electron chi connectivity index (χ2n) is 6.95. The van der Waals surface area contributed by atoms with Gasteiger partial charge in [0.1, 0.15) is 0 Å². The third kappa shape index (κ3) is 4.24. The van der Waals surface area contributed by atoms with Gasteiger partial charge in [-0.15, -0.1) is 0 Å². The summed E-state index contributed by atoms with van der Waals surface area (Å²) >= 11 is 0. The molecule has 2 atom stereocenters. The van der Waals surface area contributed by atoms with Crippen LogP contribution in [0.4, 0.5) is 26.3 Å². The predicted molar refractivity (Wildman–Crippen MR) is 89.3 cm³/mol. The van der Waals surface area contributed by atoms with Crippen LogP contribution in [0.3, 0.4) is 0 Å². The van der Waals surface area contributed by atoms with Gasteiger partial charge in [0.15, 0.2) is 5.69 Å². The van der Waals surface area contributed by atoms with Crippen LogP contribution in [0.15, 0.2) is 30.5 Å². The lowest BCUT2D eigenvalue weighted by molar-refractivity contribution is -0.143. The first-order valence-electron chi connectivity index (χ1n) is 8.69.